The zero-order chi connectivity index (χ0) is 11.7. The Bertz CT molecular complexity index is 545. The number of carbonyl (C=O) groups is 1. The van der Waals surface area contributed by atoms with Crippen LogP contribution in [-0.2, 0) is 4.74 Å². The fourth-order valence-corrected chi connectivity index (χ4v) is 1.52. The number of anilines is 1. The second-order valence-corrected chi connectivity index (χ2v) is 3.48. The summed E-state index contributed by atoms with van der Waals surface area (Å²) in [5, 5.41) is 0. The van der Waals surface area contributed by atoms with E-state index in [1.807, 2.05) is 6.92 Å². The summed E-state index contributed by atoms with van der Waals surface area (Å²) in [7, 11) is 0. The van der Waals surface area contributed by atoms with Crippen LogP contribution in [0.15, 0.2) is 12.1 Å². The van der Waals surface area contributed by atoms with E-state index in [1.54, 1.807) is 19.1 Å². The van der Waals surface area contributed by atoms with E-state index < -0.39 is 5.97 Å². The van der Waals surface area contributed by atoms with Gasteiger partial charge in [-0.15, -0.1) is 0 Å². The fraction of sp³-hybridized carbons (Fsp3) is 0.273. The summed E-state index contributed by atoms with van der Waals surface area (Å²) in [5.41, 5.74) is 8.78. The van der Waals surface area contributed by atoms with Gasteiger partial charge in [-0.1, -0.05) is 0 Å². The maximum absolute atomic E-state index is 11.5. The molecular weight excluding hydrogens is 206 g/mol. The van der Waals surface area contributed by atoms with Crippen LogP contribution in [0.25, 0.3) is 11.0 Å². The number of nitrogens with one attached hydrogen (secondary N) is 1. The lowest BCUT2D eigenvalue weighted by Crippen LogP contribution is -2.06. The maximum Gasteiger partial charge on any atom is 0.374 e. The van der Waals surface area contributed by atoms with Crippen LogP contribution in [0, 0.1) is 6.92 Å². The highest BCUT2D eigenvalue weighted by molar-refractivity contribution is 5.92. The zero-order valence-electron chi connectivity index (χ0n) is 9.20. The number of carbonyl (C=O) groups excluding carboxylic acids is 1. The molecule has 0 aliphatic heterocycles. The van der Waals surface area contributed by atoms with Gasteiger partial charge in [-0.05, 0) is 31.5 Å². The van der Waals surface area contributed by atoms with Crippen LogP contribution in [-0.4, -0.2) is 22.5 Å². The minimum atomic E-state index is -0.448. The van der Waals surface area contributed by atoms with Crippen LogP contribution in [0.2, 0.25) is 0 Å². The van der Waals surface area contributed by atoms with Crippen molar-refractivity contribution in [3.63, 3.8) is 0 Å². The number of hydrogen-bond acceptors (Lipinski definition) is 4. The Morgan fingerprint density at radius 3 is 3.00 bits per heavy atom. The molecule has 1 aromatic heterocycles. The maximum atomic E-state index is 11.5. The second-order valence-electron chi connectivity index (χ2n) is 3.48. The number of nitrogen functional groups attached to an aromatic ring is 1. The Morgan fingerprint density at radius 2 is 2.31 bits per heavy atom. The van der Waals surface area contributed by atoms with Gasteiger partial charge in [0.15, 0.2) is 0 Å². The highest BCUT2D eigenvalue weighted by Crippen LogP contribution is 2.21. The molecule has 1 aromatic carbocycles. The number of H-pyrrole nitrogens is 1. The molecule has 16 heavy (non-hydrogen) atoms. The molecule has 0 fully saturated rings. The lowest BCUT2D eigenvalue weighted by atomic mass is 10.2. The van der Waals surface area contributed by atoms with Gasteiger partial charge in [-0.2, -0.15) is 0 Å². The topological polar surface area (TPSA) is 81.0 Å². The fourth-order valence-electron chi connectivity index (χ4n) is 1.52. The van der Waals surface area contributed by atoms with Crippen molar-refractivity contribution in [3.8, 4) is 0 Å². The molecule has 0 saturated heterocycles. The molecule has 1 heterocycles. The van der Waals surface area contributed by atoms with E-state index in [4.69, 9.17) is 10.5 Å². The van der Waals surface area contributed by atoms with Gasteiger partial charge in [-0.3, -0.25) is 0 Å². The third-order valence-corrected chi connectivity index (χ3v) is 2.42. The molecule has 0 bridgehead atoms. The number of aryl methyl sites for hydroxylation is 1. The Morgan fingerprint density at radius 1 is 1.56 bits per heavy atom. The first-order valence-corrected chi connectivity index (χ1v) is 5.05. The monoisotopic (exact) mass is 219 g/mol. The number of benzene rings is 1. The summed E-state index contributed by atoms with van der Waals surface area (Å²) in [6, 6.07) is 3.58. The highest BCUT2D eigenvalue weighted by Gasteiger charge is 2.13. The molecule has 0 radical (unpaired) electrons. The Labute approximate surface area is 92.6 Å². The first kappa shape index (κ1) is 10.5. The molecule has 0 atom stereocenters. The standard InChI is InChI=1S/C11H13N3O2/c1-3-16-11(15)10-13-8-5-4-7(12)6(2)9(8)14-10/h4-5H,3,12H2,1-2H3,(H,13,14). The van der Waals surface area contributed by atoms with Crippen LogP contribution >= 0.6 is 0 Å². The van der Waals surface area contributed by atoms with Crippen molar-refractivity contribution < 1.29 is 9.53 Å². The number of nitrogens with two attached hydrogens (primary N) is 1. The number of aromatic amines is 1. The summed E-state index contributed by atoms with van der Waals surface area (Å²) >= 11 is 0. The number of hydrogen-bond donors (Lipinski definition) is 2. The molecule has 5 nitrogen and oxygen atoms in total. The van der Waals surface area contributed by atoms with E-state index in [1.165, 1.54) is 0 Å². The van der Waals surface area contributed by atoms with Crippen molar-refractivity contribution >= 4 is 22.7 Å². The third-order valence-electron chi connectivity index (χ3n) is 2.42. The van der Waals surface area contributed by atoms with Gasteiger partial charge in [-0.25, -0.2) is 9.78 Å². The van der Waals surface area contributed by atoms with Crippen LogP contribution in [0.1, 0.15) is 23.1 Å². The third kappa shape index (κ3) is 1.60. The quantitative estimate of drug-likeness (QED) is 0.594. The van der Waals surface area contributed by atoms with Gasteiger partial charge in [0.25, 0.3) is 0 Å². The van der Waals surface area contributed by atoms with Gasteiger partial charge in [0.2, 0.25) is 5.82 Å². The average Bonchev–Trinajstić information content (AvgIpc) is 2.69. The molecule has 2 rings (SSSR count). The number of fused-ring (bicyclic) bond motifs is 1. The zero-order valence-corrected chi connectivity index (χ0v) is 9.20. The number of esters is 1. The van der Waals surface area contributed by atoms with Gasteiger partial charge in [0.05, 0.1) is 17.6 Å². The molecule has 0 unspecified atom stereocenters. The van der Waals surface area contributed by atoms with Crippen LogP contribution in [0.5, 0.6) is 0 Å². The molecule has 0 spiro atoms. The minimum Gasteiger partial charge on any atom is -0.460 e. The van der Waals surface area contributed by atoms with Crippen LogP contribution in [0.4, 0.5) is 5.69 Å². The first-order chi connectivity index (χ1) is 7.63. The van der Waals surface area contributed by atoms with Gasteiger partial charge >= 0.3 is 5.97 Å². The van der Waals surface area contributed by atoms with Gasteiger partial charge < -0.3 is 15.5 Å². The summed E-state index contributed by atoms with van der Waals surface area (Å²) in [6.07, 6.45) is 0. The van der Waals surface area contributed by atoms with E-state index in [0.717, 1.165) is 11.1 Å². The van der Waals surface area contributed by atoms with Gasteiger partial charge in [0, 0.05) is 5.69 Å². The highest BCUT2D eigenvalue weighted by atomic mass is 16.5. The Balaban J connectivity index is 2.52. The van der Waals surface area contributed by atoms with Crippen LogP contribution in [0.3, 0.4) is 0 Å². The Kier molecular flexibility index (Phi) is 2.52. The molecule has 0 aliphatic carbocycles. The number of ether oxygens (including phenoxy) is 1. The van der Waals surface area contributed by atoms with E-state index in [0.29, 0.717) is 17.8 Å². The van der Waals surface area contributed by atoms with E-state index in [-0.39, 0.29) is 5.82 Å². The van der Waals surface area contributed by atoms with Crippen molar-refractivity contribution in [2.45, 2.75) is 13.8 Å². The summed E-state index contributed by atoms with van der Waals surface area (Å²) in [5.74, 6) is -0.234. The van der Waals surface area contributed by atoms with Crippen molar-refractivity contribution in [3.05, 3.63) is 23.5 Å². The van der Waals surface area contributed by atoms with E-state index >= 15 is 0 Å². The van der Waals surface area contributed by atoms with Crippen molar-refractivity contribution in [1.82, 2.24) is 9.97 Å². The Hall–Kier alpha value is -2.04. The van der Waals surface area contributed by atoms with Gasteiger partial charge in [0.1, 0.15) is 0 Å². The smallest absolute Gasteiger partial charge is 0.374 e. The number of rotatable bonds is 2. The molecule has 3 N–H and O–H groups in total. The minimum absolute atomic E-state index is 0.213. The lowest BCUT2D eigenvalue weighted by Gasteiger charge is -1.98. The van der Waals surface area contributed by atoms with Crippen LogP contribution < -0.4 is 5.73 Å². The van der Waals surface area contributed by atoms with Crippen molar-refractivity contribution in [2.75, 3.05) is 12.3 Å². The molecule has 84 valence electrons. The molecule has 2 aromatic rings. The van der Waals surface area contributed by atoms with E-state index in [9.17, 15) is 4.79 Å². The molecule has 0 saturated carbocycles. The predicted octanol–water partition coefficient (Wildman–Crippen LogP) is 1.63. The molecular formula is C11H13N3O2. The number of imidazole rings is 1. The predicted molar refractivity (Wildman–Crippen MR) is 61.2 cm³/mol. The largest absolute Gasteiger partial charge is 0.460 e. The SMILES string of the molecule is CCOC(=O)c1nc2c(C)c(N)ccc2[nH]1. The normalized spacial score (nSPS) is 10.6. The first-order valence-electron chi connectivity index (χ1n) is 5.05. The number of nitrogens with zero attached hydrogens (tertiary/aromatic N) is 1. The second kappa shape index (κ2) is 3.84. The van der Waals surface area contributed by atoms with E-state index in [2.05, 4.69) is 9.97 Å². The lowest BCUT2D eigenvalue weighted by molar-refractivity contribution is 0.0514. The summed E-state index contributed by atoms with van der Waals surface area (Å²) < 4.78 is 4.86. The summed E-state index contributed by atoms with van der Waals surface area (Å²) in [4.78, 5) is 18.6. The number of aromatic nitrogens is 2. The summed E-state index contributed by atoms with van der Waals surface area (Å²) in [6.45, 7) is 3.95. The molecule has 0 amide bonds. The average molecular weight is 219 g/mol. The molecule has 5 heteroatoms. The van der Waals surface area contributed by atoms with Crippen molar-refractivity contribution in [2.24, 2.45) is 0 Å². The molecule has 0 aliphatic rings. The van der Waals surface area contributed by atoms with Crippen molar-refractivity contribution in [1.29, 1.82) is 0 Å².